The number of halogens is 1. The molecule has 0 spiro atoms. The highest BCUT2D eigenvalue weighted by atomic mass is 79.9. The number of benzene rings is 2. The van der Waals surface area contributed by atoms with Gasteiger partial charge < -0.3 is 10.2 Å². The van der Waals surface area contributed by atoms with Crippen LogP contribution in [0.25, 0.3) is 0 Å². The topological polar surface area (TPSA) is 74.6 Å². The molecule has 2 rings (SSSR count). The van der Waals surface area contributed by atoms with E-state index < -0.39 is 5.97 Å². The van der Waals surface area contributed by atoms with E-state index in [9.17, 15) is 14.7 Å². The molecule has 0 unspecified atom stereocenters. The van der Waals surface area contributed by atoms with Crippen molar-refractivity contribution in [3.63, 3.8) is 0 Å². The molecule has 0 saturated heterocycles. The van der Waals surface area contributed by atoms with E-state index in [1.54, 1.807) is 30.3 Å². The second-order valence-electron chi connectivity index (χ2n) is 4.23. The molecule has 0 bridgehead atoms. The van der Waals surface area contributed by atoms with Gasteiger partial charge in [-0.1, -0.05) is 30.3 Å². The first-order valence-electron chi connectivity index (χ1n) is 5.82. The van der Waals surface area contributed by atoms with Gasteiger partial charge in [0.15, 0.2) is 5.78 Å². The molecule has 0 fully saturated rings. The van der Waals surface area contributed by atoms with E-state index in [4.69, 9.17) is 5.11 Å². The number of aliphatic carboxylic acids is 1. The van der Waals surface area contributed by atoms with E-state index in [1.807, 2.05) is 0 Å². The van der Waals surface area contributed by atoms with E-state index in [1.165, 1.54) is 12.1 Å². The molecule has 0 heterocycles. The Kier molecular flexibility index (Phi) is 4.20. The first-order chi connectivity index (χ1) is 9.49. The predicted molar refractivity (Wildman–Crippen MR) is 77.0 cm³/mol. The standard InChI is InChI=1S/C15H11BrO4/c16-12-7-10(6-11(15(12)20)8-13(17)18)14(19)9-4-2-1-3-5-9/h1-7,20H,8H2,(H,17,18). The first kappa shape index (κ1) is 14.3. The van der Waals surface area contributed by atoms with Crippen LogP contribution >= 0.6 is 15.9 Å². The van der Waals surface area contributed by atoms with Crippen LogP contribution in [-0.4, -0.2) is 22.0 Å². The maximum atomic E-state index is 12.3. The summed E-state index contributed by atoms with van der Waals surface area (Å²) in [5.74, 6) is -1.45. The highest BCUT2D eigenvalue weighted by Gasteiger charge is 2.16. The van der Waals surface area contributed by atoms with Crippen LogP contribution in [0.5, 0.6) is 5.75 Å². The number of carboxylic acids is 1. The van der Waals surface area contributed by atoms with Gasteiger partial charge in [0.25, 0.3) is 0 Å². The Morgan fingerprint density at radius 2 is 1.70 bits per heavy atom. The SMILES string of the molecule is O=C(O)Cc1cc(C(=O)c2ccccc2)cc(Br)c1O. The van der Waals surface area contributed by atoms with Crippen molar-refractivity contribution >= 4 is 27.7 Å². The van der Waals surface area contributed by atoms with Crippen molar-refractivity contribution in [1.82, 2.24) is 0 Å². The number of hydrogen-bond acceptors (Lipinski definition) is 3. The fraction of sp³-hybridized carbons (Fsp3) is 0.0667. The molecule has 0 aliphatic heterocycles. The van der Waals surface area contributed by atoms with Gasteiger partial charge in [0.05, 0.1) is 10.9 Å². The number of rotatable bonds is 4. The van der Waals surface area contributed by atoms with Crippen molar-refractivity contribution in [3.8, 4) is 5.75 Å². The van der Waals surface area contributed by atoms with Crippen molar-refractivity contribution < 1.29 is 19.8 Å². The maximum Gasteiger partial charge on any atom is 0.307 e. The van der Waals surface area contributed by atoms with Crippen molar-refractivity contribution in [2.45, 2.75) is 6.42 Å². The minimum atomic E-state index is -1.07. The Balaban J connectivity index is 2.45. The molecule has 20 heavy (non-hydrogen) atoms. The smallest absolute Gasteiger partial charge is 0.307 e. The third-order valence-corrected chi connectivity index (χ3v) is 3.39. The molecule has 2 aromatic rings. The number of hydrogen-bond donors (Lipinski definition) is 2. The van der Waals surface area contributed by atoms with Gasteiger partial charge in [0, 0.05) is 16.7 Å². The molecule has 0 amide bonds. The van der Waals surface area contributed by atoms with Gasteiger partial charge >= 0.3 is 5.97 Å². The number of carbonyl (C=O) groups is 2. The fourth-order valence-electron chi connectivity index (χ4n) is 1.84. The lowest BCUT2D eigenvalue weighted by Crippen LogP contribution is -2.05. The van der Waals surface area contributed by atoms with Crippen molar-refractivity contribution in [3.05, 3.63) is 63.6 Å². The van der Waals surface area contributed by atoms with Crippen LogP contribution < -0.4 is 0 Å². The summed E-state index contributed by atoms with van der Waals surface area (Å²) < 4.78 is 0.301. The molecule has 0 aliphatic rings. The highest BCUT2D eigenvalue weighted by Crippen LogP contribution is 2.30. The molecular formula is C15H11BrO4. The quantitative estimate of drug-likeness (QED) is 0.843. The lowest BCUT2D eigenvalue weighted by atomic mass is 10.00. The summed E-state index contributed by atoms with van der Waals surface area (Å²) in [5.41, 5.74) is 1.04. The van der Waals surface area contributed by atoms with E-state index in [0.29, 0.717) is 15.6 Å². The molecule has 0 aromatic heterocycles. The van der Waals surface area contributed by atoms with Gasteiger partial charge in [-0.2, -0.15) is 0 Å². The Morgan fingerprint density at radius 3 is 2.30 bits per heavy atom. The lowest BCUT2D eigenvalue weighted by molar-refractivity contribution is -0.136. The number of carbonyl (C=O) groups excluding carboxylic acids is 1. The third-order valence-electron chi connectivity index (χ3n) is 2.78. The van der Waals surface area contributed by atoms with Crippen LogP contribution in [0.2, 0.25) is 0 Å². The van der Waals surface area contributed by atoms with Gasteiger partial charge in [-0.3, -0.25) is 9.59 Å². The molecular weight excluding hydrogens is 324 g/mol. The highest BCUT2D eigenvalue weighted by molar-refractivity contribution is 9.10. The van der Waals surface area contributed by atoms with E-state index >= 15 is 0 Å². The summed E-state index contributed by atoms with van der Waals surface area (Å²) in [5, 5.41) is 18.6. The Bertz CT molecular complexity index is 665. The average molecular weight is 335 g/mol. The predicted octanol–water partition coefficient (Wildman–Crippen LogP) is 3.01. The zero-order valence-electron chi connectivity index (χ0n) is 10.3. The Hall–Kier alpha value is -2.14. The van der Waals surface area contributed by atoms with Gasteiger partial charge in [0.1, 0.15) is 5.75 Å². The van der Waals surface area contributed by atoms with Gasteiger partial charge in [-0.25, -0.2) is 0 Å². The summed E-state index contributed by atoms with van der Waals surface area (Å²) in [6.45, 7) is 0. The number of ketones is 1. The molecule has 0 atom stereocenters. The van der Waals surface area contributed by atoms with Crippen LogP contribution in [-0.2, 0) is 11.2 Å². The zero-order chi connectivity index (χ0) is 14.7. The molecule has 0 aliphatic carbocycles. The number of phenols is 1. The monoisotopic (exact) mass is 334 g/mol. The van der Waals surface area contributed by atoms with Gasteiger partial charge in [-0.05, 0) is 28.1 Å². The Labute approximate surface area is 123 Å². The summed E-state index contributed by atoms with van der Waals surface area (Å²) in [7, 11) is 0. The molecule has 0 radical (unpaired) electrons. The fourth-order valence-corrected chi connectivity index (χ4v) is 2.34. The third kappa shape index (κ3) is 3.05. The molecule has 0 saturated carbocycles. The van der Waals surface area contributed by atoms with Crippen LogP contribution in [0, 0.1) is 0 Å². The molecule has 4 nitrogen and oxygen atoms in total. The van der Waals surface area contributed by atoms with E-state index in [0.717, 1.165) is 0 Å². The molecule has 2 N–H and O–H groups in total. The normalized spacial score (nSPS) is 10.2. The summed E-state index contributed by atoms with van der Waals surface area (Å²) in [6, 6.07) is 11.6. The van der Waals surface area contributed by atoms with Crippen LogP contribution in [0.4, 0.5) is 0 Å². The number of carboxylic acid groups (broad SMARTS) is 1. The summed E-state index contributed by atoms with van der Waals surface area (Å²) >= 11 is 3.13. The van der Waals surface area contributed by atoms with E-state index in [-0.39, 0.29) is 23.5 Å². The summed E-state index contributed by atoms with van der Waals surface area (Å²) in [4.78, 5) is 23.1. The van der Waals surface area contributed by atoms with Crippen molar-refractivity contribution in [2.24, 2.45) is 0 Å². The van der Waals surface area contributed by atoms with Crippen LogP contribution in [0.15, 0.2) is 46.9 Å². The average Bonchev–Trinajstić information content (AvgIpc) is 2.43. The minimum absolute atomic E-state index is 0.156. The van der Waals surface area contributed by atoms with E-state index in [2.05, 4.69) is 15.9 Å². The summed E-state index contributed by atoms with van der Waals surface area (Å²) in [6.07, 6.45) is -0.347. The molecule has 2 aromatic carbocycles. The first-order valence-corrected chi connectivity index (χ1v) is 6.61. The van der Waals surface area contributed by atoms with Crippen LogP contribution in [0.1, 0.15) is 21.5 Å². The zero-order valence-corrected chi connectivity index (χ0v) is 11.9. The number of phenolic OH excluding ortho intramolecular Hbond substituents is 1. The maximum absolute atomic E-state index is 12.3. The van der Waals surface area contributed by atoms with Crippen molar-refractivity contribution in [2.75, 3.05) is 0 Å². The van der Waals surface area contributed by atoms with Crippen molar-refractivity contribution in [1.29, 1.82) is 0 Å². The minimum Gasteiger partial charge on any atom is -0.506 e. The largest absolute Gasteiger partial charge is 0.506 e. The second-order valence-corrected chi connectivity index (χ2v) is 5.09. The van der Waals surface area contributed by atoms with Gasteiger partial charge in [0.2, 0.25) is 0 Å². The lowest BCUT2D eigenvalue weighted by Gasteiger charge is -2.08. The van der Waals surface area contributed by atoms with Crippen LogP contribution in [0.3, 0.4) is 0 Å². The molecule has 5 heteroatoms. The molecule has 102 valence electrons. The second kappa shape index (κ2) is 5.88. The van der Waals surface area contributed by atoms with Gasteiger partial charge in [-0.15, -0.1) is 0 Å². The number of aromatic hydroxyl groups is 1. The Morgan fingerprint density at radius 1 is 1.05 bits per heavy atom.